The highest BCUT2D eigenvalue weighted by Gasteiger charge is 2.10. The predicted molar refractivity (Wildman–Crippen MR) is 118 cm³/mol. The van der Waals surface area contributed by atoms with Gasteiger partial charge in [-0.25, -0.2) is 4.98 Å². The molecule has 5 nitrogen and oxygen atoms in total. The Balaban J connectivity index is 1.53. The lowest BCUT2D eigenvalue weighted by atomic mass is 10.1. The number of para-hydroxylation sites is 2. The van der Waals surface area contributed by atoms with Gasteiger partial charge in [0.15, 0.2) is 11.5 Å². The quantitative estimate of drug-likeness (QED) is 0.434. The number of ether oxygens (including phenoxy) is 2. The van der Waals surface area contributed by atoms with Gasteiger partial charge in [-0.15, -0.1) is 0 Å². The lowest BCUT2D eigenvalue weighted by Crippen LogP contribution is -2.02. The van der Waals surface area contributed by atoms with Gasteiger partial charge in [-0.2, -0.15) is 5.26 Å². The van der Waals surface area contributed by atoms with Crippen molar-refractivity contribution >= 4 is 22.7 Å². The van der Waals surface area contributed by atoms with Crippen LogP contribution in [0.5, 0.6) is 11.5 Å². The van der Waals surface area contributed by atoms with E-state index in [0.29, 0.717) is 29.5 Å². The zero-order valence-corrected chi connectivity index (χ0v) is 16.6. The molecule has 0 aliphatic heterocycles. The molecule has 148 valence electrons. The number of fused-ring (bicyclic) bond motifs is 1. The molecule has 0 spiro atoms. The largest absolute Gasteiger partial charge is 0.493 e. The third kappa shape index (κ3) is 4.34. The molecule has 4 rings (SSSR count). The van der Waals surface area contributed by atoms with Crippen molar-refractivity contribution in [2.75, 3.05) is 13.7 Å². The lowest BCUT2D eigenvalue weighted by Gasteiger charge is -2.11. The molecular weight excluding hydrogens is 374 g/mol. The smallest absolute Gasteiger partial charge is 0.161 e. The number of rotatable bonds is 7. The van der Waals surface area contributed by atoms with E-state index in [0.717, 1.165) is 23.0 Å². The number of aromatic nitrogens is 2. The SMILES string of the molecule is COc1cc(C=C(C#N)c2nc3ccccc3[nH]2)ccc1OCCc1ccccc1. The van der Waals surface area contributed by atoms with Crippen LogP contribution >= 0.6 is 0 Å². The van der Waals surface area contributed by atoms with E-state index >= 15 is 0 Å². The van der Waals surface area contributed by atoms with Crippen LogP contribution < -0.4 is 9.47 Å². The maximum absolute atomic E-state index is 9.64. The molecule has 0 saturated carbocycles. The number of hydrogen-bond acceptors (Lipinski definition) is 4. The van der Waals surface area contributed by atoms with E-state index in [4.69, 9.17) is 9.47 Å². The van der Waals surface area contributed by atoms with Gasteiger partial charge in [0.1, 0.15) is 11.9 Å². The van der Waals surface area contributed by atoms with Crippen molar-refractivity contribution in [1.29, 1.82) is 5.26 Å². The van der Waals surface area contributed by atoms with Crippen LogP contribution in [0.4, 0.5) is 0 Å². The Morgan fingerprint density at radius 2 is 1.83 bits per heavy atom. The van der Waals surface area contributed by atoms with E-state index in [-0.39, 0.29) is 0 Å². The zero-order chi connectivity index (χ0) is 20.8. The second-order valence-corrected chi connectivity index (χ2v) is 6.77. The summed E-state index contributed by atoms with van der Waals surface area (Å²) in [6.07, 6.45) is 2.60. The van der Waals surface area contributed by atoms with Gasteiger partial charge in [-0.1, -0.05) is 48.5 Å². The molecule has 0 bridgehead atoms. The van der Waals surface area contributed by atoms with E-state index in [1.54, 1.807) is 13.2 Å². The molecule has 0 aliphatic rings. The van der Waals surface area contributed by atoms with Crippen LogP contribution in [0.1, 0.15) is 17.0 Å². The first-order valence-corrected chi connectivity index (χ1v) is 9.68. The van der Waals surface area contributed by atoms with Gasteiger partial charge < -0.3 is 14.5 Å². The molecule has 0 amide bonds. The lowest BCUT2D eigenvalue weighted by molar-refractivity contribution is 0.297. The van der Waals surface area contributed by atoms with Gasteiger partial charge in [0.25, 0.3) is 0 Å². The van der Waals surface area contributed by atoms with E-state index in [1.165, 1.54) is 5.56 Å². The van der Waals surface area contributed by atoms with Crippen LogP contribution in [-0.4, -0.2) is 23.7 Å². The fourth-order valence-corrected chi connectivity index (χ4v) is 3.22. The van der Waals surface area contributed by atoms with Gasteiger partial charge in [0.2, 0.25) is 0 Å². The second-order valence-electron chi connectivity index (χ2n) is 6.77. The molecule has 0 unspecified atom stereocenters. The van der Waals surface area contributed by atoms with Crippen LogP contribution in [0.2, 0.25) is 0 Å². The Morgan fingerprint density at radius 3 is 2.60 bits per heavy atom. The fraction of sp³-hybridized carbons (Fsp3) is 0.120. The molecule has 0 radical (unpaired) electrons. The summed E-state index contributed by atoms with van der Waals surface area (Å²) in [5.74, 6) is 1.84. The maximum atomic E-state index is 9.64. The van der Waals surface area contributed by atoms with Crippen LogP contribution in [0, 0.1) is 11.3 Å². The zero-order valence-electron chi connectivity index (χ0n) is 16.6. The van der Waals surface area contributed by atoms with Crippen molar-refractivity contribution < 1.29 is 9.47 Å². The number of allylic oxidation sites excluding steroid dienone is 1. The van der Waals surface area contributed by atoms with E-state index < -0.39 is 0 Å². The number of methoxy groups -OCH3 is 1. The summed E-state index contributed by atoms with van der Waals surface area (Å²) in [5.41, 5.74) is 4.23. The number of hydrogen-bond donors (Lipinski definition) is 1. The van der Waals surface area contributed by atoms with Crippen molar-refractivity contribution in [3.8, 4) is 17.6 Å². The number of benzene rings is 3. The first-order chi connectivity index (χ1) is 14.8. The molecule has 1 heterocycles. The highest BCUT2D eigenvalue weighted by atomic mass is 16.5. The molecule has 5 heteroatoms. The van der Waals surface area contributed by atoms with Crippen molar-refractivity contribution in [1.82, 2.24) is 9.97 Å². The molecule has 1 aromatic heterocycles. The van der Waals surface area contributed by atoms with Crippen LogP contribution in [0.15, 0.2) is 72.8 Å². The second kappa shape index (κ2) is 8.97. The van der Waals surface area contributed by atoms with Gasteiger partial charge in [-0.05, 0) is 41.5 Å². The Morgan fingerprint density at radius 1 is 1.03 bits per heavy atom. The number of nitrogens with zero attached hydrogens (tertiary/aromatic N) is 2. The molecule has 0 atom stereocenters. The summed E-state index contributed by atoms with van der Waals surface area (Å²) in [4.78, 5) is 7.70. The van der Waals surface area contributed by atoms with Crippen LogP contribution in [-0.2, 0) is 6.42 Å². The Kier molecular flexibility index (Phi) is 5.77. The number of nitrogens with one attached hydrogen (secondary N) is 1. The number of H-pyrrole nitrogens is 1. The Labute approximate surface area is 175 Å². The monoisotopic (exact) mass is 395 g/mol. The third-order valence-corrected chi connectivity index (χ3v) is 4.75. The highest BCUT2D eigenvalue weighted by Crippen LogP contribution is 2.30. The van der Waals surface area contributed by atoms with Gasteiger partial charge in [0.05, 0.1) is 30.3 Å². The number of aromatic amines is 1. The third-order valence-electron chi connectivity index (χ3n) is 4.75. The average Bonchev–Trinajstić information content (AvgIpc) is 3.23. The van der Waals surface area contributed by atoms with Gasteiger partial charge >= 0.3 is 0 Å². The summed E-state index contributed by atoms with van der Waals surface area (Å²) in [6, 6.07) is 25.8. The van der Waals surface area contributed by atoms with Crippen molar-refractivity contribution in [3.63, 3.8) is 0 Å². The summed E-state index contributed by atoms with van der Waals surface area (Å²) in [6.45, 7) is 0.554. The summed E-state index contributed by atoms with van der Waals surface area (Å²) in [7, 11) is 1.61. The summed E-state index contributed by atoms with van der Waals surface area (Å²) < 4.78 is 11.4. The van der Waals surface area contributed by atoms with Gasteiger partial charge in [-0.3, -0.25) is 0 Å². The molecule has 30 heavy (non-hydrogen) atoms. The predicted octanol–water partition coefficient (Wildman–Crippen LogP) is 5.26. The minimum atomic E-state index is 0.450. The molecule has 4 aromatic rings. The first-order valence-electron chi connectivity index (χ1n) is 9.68. The molecule has 1 N–H and O–H groups in total. The fourth-order valence-electron chi connectivity index (χ4n) is 3.22. The Hall–Kier alpha value is -4.04. The van der Waals surface area contributed by atoms with Gasteiger partial charge in [0, 0.05) is 6.42 Å². The van der Waals surface area contributed by atoms with E-state index in [9.17, 15) is 5.26 Å². The number of imidazole rings is 1. The highest BCUT2D eigenvalue weighted by molar-refractivity contribution is 5.90. The van der Waals surface area contributed by atoms with Crippen molar-refractivity contribution in [2.45, 2.75) is 6.42 Å². The van der Waals surface area contributed by atoms with Crippen LogP contribution in [0.3, 0.4) is 0 Å². The minimum Gasteiger partial charge on any atom is -0.493 e. The molecule has 3 aromatic carbocycles. The van der Waals surface area contributed by atoms with E-state index in [1.807, 2.05) is 60.7 Å². The molecular formula is C25H21N3O2. The standard InChI is InChI=1S/C25H21N3O2/c1-29-24-16-19(11-12-23(24)30-14-13-18-7-3-2-4-8-18)15-20(17-26)25-27-21-9-5-6-10-22(21)28-25/h2-12,15-16H,13-14H2,1H3,(H,27,28). The van der Waals surface area contributed by atoms with Crippen molar-refractivity contribution in [2.24, 2.45) is 0 Å². The molecule has 0 saturated heterocycles. The molecule has 0 fully saturated rings. The summed E-state index contributed by atoms with van der Waals surface area (Å²) in [5, 5.41) is 9.64. The normalized spacial score (nSPS) is 11.3. The molecule has 0 aliphatic carbocycles. The van der Waals surface area contributed by atoms with E-state index in [2.05, 4.69) is 28.2 Å². The topological polar surface area (TPSA) is 70.9 Å². The summed E-state index contributed by atoms with van der Waals surface area (Å²) >= 11 is 0. The first kappa shape index (κ1) is 19.3. The minimum absolute atomic E-state index is 0.450. The van der Waals surface area contributed by atoms with Crippen LogP contribution in [0.25, 0.3) is 22.7 Å². The average molecular weight is 395 g/mol. The Bertz CT molecular complexity index is 1190. The van der Waals surface area contributed by atoms with Crippen molar-refractivity contribution in [3.05, 3.63) is 89.7 Å². The maximum Gasteiger partial charge on any atom is 0.161 e. The number of nitriles is 1.